The molecule has 0 saturated heterocycles. The van der Waals surface area contributed by atoms with Crippen molar-refractivity contribution < 1.29 is 41.8 Å². The minimum absolute atomic E-state index is 0.0391. The van der Waals surface area contributed by atoms with E-state index in [9.17, 15) is 27.6 Å². The highest BCUT2D eigenvalue weighted by atomic mass is 19.4. The van der Waals surface area contributed by atoms with Gasteiger partial charge < -0.3 is 25.7 Å². The van der Waals surface area contributed by atoms with E-state index in [4.69, 9.17) is 20.9 Å². The summed E-state index contributed by atoms with van der Waals surface area (Å²) in [6, 6.07) is 16.9. The molecular weight excluding hydrogens is 485 g/mol. The molecule has 2 amide bonds. The molecule has 1 atom stereocenters. The molecule has 0 aliphatic carbocycles. The average molecular weight is 510 g/mol. The first-order valence-corrected chi connectivity index (χ1v) is 10.6. The van der Waals surface area contributed by atoms with Crippen LogP contribution in [0, 0.1) is 0 Å². The van der Waals surface area contributed by atoms with E-state index < -0.39 is 36.5 Å². The molecule has 0 aromatic heterocycles. The van der Waals surface area contributed by atoms with Gasteiger partial charge in [0.05, 0.1) is 0 Å². The van der Waals surface area contributed by atoms with E-state index in [1.54, 1.807) is 60.7 Å². The van der Waals surface area contributed by atoms with Crippen LogP contribution < -0.4 is 11.5 Å². The number of rotatable bonds is 9. The number of nitrogens with two attached hydrogens (primary N) is 2. The highest BCUT2D eigenvalue weighted by Crippen LogP contribution is 2.19. The number of nitrogens with zero attached hydrogens (tertiary/aromatic N) is 2. The fourth-order valence-corrected chi connectivity index (χ4v) is 2.67. The Kier molecular flexibility index (Phi) is 10.7. The normalized spacial score (nSPS) is 12.4. The number of carbonyl (C=O) groups is 3. The lowest BCUT2D eigenvalue weighted by Gasteiger charge is -2.21. The topological polar surface area (TPSA) is 147 Å². The second-order valence-corrected chi connectivity index (χ2v) is 7.19. The van der Waals surface area contributed by atoms with Crippen LogP contribution in [-0.4, -0.2) is 48.0 Å². The lowest BCUT2D eigenvalue weighted by Crippen LogP contribution is -2.47. The van der Waals surface area contributed by atoms with Gasteiger partial charge in [-0.3, -0.25) is 0 Å². The molecule has 10 nitrogen and oxygen atoms in total. The molecule has 0 fully saturated rings. The first-order valence-electron chi connectivity index (χ1n) is 10.6. The van der Waals surface area contributed by atoms with Crippen LogP contribution >= 0.6 is 0 Å². The molecular formula is C23H25F3N4O6. The quantitative estimate of drug-likeness (QED) is 0.226. The van der Waals surface area contributed by atoms with Gasteiger partial charge in [0.15, 0.2) is 6.23 Å². The van der Waals surface area contributed by atoms with Crippen LogP contribution in [0.5, 0.6) is 0 Å². The van der Waals surface area contributed by atoms with Gasteiger partial charge in [-0.05, 0) is 24.1 Å². The van der Waals surface area contributed by atoms with E-state index in [1.165, 1.54) is 0 Å². The van der Waals surface area contributed by atoms with Gasteiger partial charge in [-0.1, -0.05) is 60.7 Å². The van der Waals surface area contributed by atoms with Crippen molar-refractivity contribution in [3.05, 3.63) is 71.8 Å². The summed E-state index contributed by atoms with van der Waals surface area (Å²) in [5.74, 6) is -3.42. The molecule has 4 N–H and O–H groups in total. The van der Waals surface area contributed by atoms with Crippen molar-refractivity contribution in [2.75, 3.05) is 6.54 Å². The number of imide groups is 1. The van der Waals surface area contributed by atoms with Crippen molar-refractivity contribution >= 4 is 24.1 Å². The van der Waals surface area contributed by atoms with Crippen LogP contribution in [0.15, 0.2) is 65.7 Å². The molecule has 0 saturated carbocycles. The number of amides is 2. The minimum Gasteiger partial charge on any atom is -0.444 e. The third kappa shape index (κ3) is 9.25. The summed E-state index contributed by atoms with van der Waals surface area (Å²) in [4.78, 5) is 40.6. The zero-order valence-corrected chi connectivity index (χ0v) is 19.0. The summed E-state index contributed by atoms with van der Waals surface area (Å²) in [5, 5.41) is 0. The summed E-state index contributed by atoms with van der Waals surface area (Å²) in [7, 11) is 0. The third-order valence-electron chi connectivity index (χ3n) is 4.41. The zero-order valence-electron chi connectivity index (χ0n) is 19.0. The standard InChI is InChI=1S/C23H25F3N4O6/c24-23(25,26)19(31)36-18(12-7-13-27)29-20(28)30(21(32)34-14-16-8-3-1-4-9-16)22(33)35-15-17-10-5-2-6-11-17/h1-6,8-11,18H,7,12-15,27H2,(H2,28,29). The molecule has 0 heterocycles. The number of benzene rings is 2. The monoisotopic (exact) mass is 510 g/mol. The number of esters is 1. The molecule has 0 bridgehead atoms. The molecule has 194 valence electrons. The smallest absolute Gasteiger partial charge is 0.444 e. The minimum atomic E-state index is -5.30. The molecule has 2 aromatic carbocycles. The van der Waals surface area contributed by atoms with Crippen LogP contribution in [-0.2, 0) is 32.2 Å². The van der Waals surface area contributed by atoms with Crippen molar-refractivity contribution in [2.24, 2.45) is 16.5 Å². The maximum Gasteiger partial charge on any atom is 0.491 e. The highest BCUT2D eigenvalue weighted by molar-refractivity contribution is 6.07. The predicted octanol–water partition coefficient (Wildman–Crippen LogP) is 3.45. The molecule has 1 unspecified atom stereocenters. The summed E-state index contributed by atoms with van der Waals surface area (Å²) in [6.07, 6.45) is -9.85. The van der Waals surface area contributed by atoms with Crippen LogP contribution in [0.3, 0.4) is 0 Å². The number of aliphatic imine (C=N–C) groups is 1. The fourth-order valence-electron chi connectivity index (χ4n) is 2.67. The van der Waals surface area contributed by atoms with Crippen molar-refractivity contribution in [2.45, 2.75) is 38.5 Å². The Balaban J connectivity index is 2.25. The Morgan fingerprint density at radius 2 is 1.36 bits per heavy atom. The van der Waals surface area contributed by atoms with E-state index in [1.807, 2.05) is 0 Å². The largest absolute Gasteiger partial charge is 0.491 e. The molecule has 2 aromatic rings. The summed E-state index contributed by atoms with van der Waals surface area (Å²) in [5.41, 5.74) is 12.3. The fraction of sp³-hybridized carbons (Fsp3) is 0.304. The third-order valence-corrected chi connectivity index (χ3v) is 4.41. The first kappa shape index (κ1) is 28.1. The Bertz CT molecular complexity index is 980. The lowest BCUT2D eigenvalue weighted by molar-refractivity contribution is -0.204. The van der Waals surface area contributed by atoms with Crippen molar-refractivity contribution in [3.8, 4) is 0 Å². The van der Waals surface area contributed by atoms with Gasteiger partial charge in [-0.25, -0.2) is 19.4 Å². The second-order valence-electron chi connectivity index (χ2n) is 7.19. The van der Waals surface area contributed by atoms with Gasteiger partial charge in [-0.2, -0.15) is 13.2 Å². The summed E-state index contributed by atoms with van der Waals surface area (Å²) < 4.78 is 52.5. The van der Waals surface area contributed by atoms with Crippen LogP contribution in [0.4, 0.5) is 22.8 Å². The van der Waals surface area contributed by atoms with E-state index >= 15 is 0 Å². The Morgan fingerprint density at radius 3 is 1.78 bits per heavy atom. The Labute approximate surface area is 204 Å². The van der Waals surface area contributed by atoms with Crippen molar-refractivity contribution in [1.82, 2.24) is 4.90 Å². The lowest BCUT2D eigenvalue weighted by atomic mass is 10.2. The van der Waals surface area contributed by atoms with E-state index in [2.05, 4.69) is 9.73 Å². The van der Waals surface area contributed by atoms with Gasteiger partial charge in [0.2, 0.25) is 5.96 Å². The molecule has 0 spiro atoms. The van der Waals surface area contributed by atoms with Gasteiger partial charge in [0.25, 0.3) is 0 Å². The summed E-state index contributed by atoms with van der Waals surface area (Å²) in [6.45, 7) is -0.471. The molecule has 2 rings (SSSR count). The molecule has 0 aliphatic heterocycles. The number of halogens is 3. The van der Waals surface area contributed by atoms with E-state index in [0.717, 1.165) is 0 Å². The Hall–Kier alpha value is -4.13. The summed E-state index contributed by atoms with van der Waals surface area (Å²) >= 11 is 0. The maximum absolute atomic E-state index is 12.7. The highest BCUT2D eigenvalue weighted by Gasteiger charge is 2.42. The number of carbonyl (C=O) groups excluding carboxylic acids is 3. The maximum atomic E-state index is 12.7. The number of hydrogen-bond donors (Lipinski definition) is 2. The number of alkyl halides is 3. The van der Waals surface area contributed by atoms with E-state index in [0.29, 0.717) is 11.1 Å². The Morgan fingerprint density at radius 1 is 0.889 bits per heavy atom. The molecule has 13 heteroatoms. The van der Waals surface area contributed by atoms with Crippen LogP contribution in [0.25, 0.3) is 0 Å². The van der Waals surface area contributed by atoms with Crippen LogP contribution in [0.1, 0.15) is 24.0 Å². The van der Waals surface area contributed by atoms with Gasteiger partial charge in [0, 0.05) is 6.42 Å². The first-order chi connectivity index (χ1) is 17.1. The zero-order chi connectivity index (χ0) is 26.6. The predicted molar refractivity (Wildman–Crippen MR) is 121 cm³/mol. The molecule has 0 radical (unpaired) electrons. The average Bonchev–Trinajstić information content (AvgIpc) is 2.85. The number of guanidine groups is 1. The van der Waals surface area contributed by atoms with Gasteiger partial charge in [-0.15, -0.1) is 4.90 Å². The van der Waals surface area contributed by atoms with Crippen molar-refractivity contribution in [3.63, 3.8) is 0 Å². The SMILES string of the molecule is NCCCC(/N=C(\N)N(C(=O)OCc1ccccc1)C(=O)OCc1ccccc1)OC(=O)C(F)(F)F. The molecule has 0 aliphatic rings. The van der Waals surface area contributed by atoms with Gasteiger partial charge >= 0.3 is 24.3 Å². The number of hydrogen-bond acceptors (Lipinski definition) is 8. The second kappa shape index (κ2) is 13.7. The van der Waals surface area contributed by atoms with E-state index in [-0.39, 0.29) is 37.5 Å². The van der Waals surface area contributed by atoms with Crippen LogP contribution in [0.2, 0.25) is 0 Å². The van der Waals surface area contributed by atoms with Crippen molar-refractivity contribution in [1.29, 1.82) is 0 Å². The van der Waals surface area contributed by atoms with Gasteiger partial charge in [0.1, 0.15) is 13.2 Å². The molecule has 36 heavy (non-hydrogen) atoms. The number of ether oxygens (including phenoxy) is 3.